The van der Waals surface area contributed by atoms with E-state index in [-0.39, 0.29) is 17.1 Å². The maximum Gasteiger partial charge on any atom is 0.301 e. The van der Waals surface area contributed by atoms with Gasteiger partial charge in [0.15, 0.2) is 0 Å². The minimum absolute atomic E-state index is 0.109. The second kappa shape index (κ2) is 8.50. The molecule has 1 aromatic rings. The van der Waals surface area contributed by atoms with Crippen LogP contribution in [0.2, 0.25) is 0 Å². The fraction of sp³-hybridized carbons (Fsp3) is 0.357. The molecule has 1 rings (SSSR count). The van der Waals surface area contributed by atoms with Crippen molar-refractivity contribution >= 4 is 23.3 Å². The summed E-state index contributed by atoms with van der Waals surface area (Å²) < 4.78 is 0. The summed E-state index contributed by atoms with van der Waals surface area (Å²) in [5, 5.41) is 25.6. The van der Waals surface area contributed by atoms with Gasteiger partial charge in [0.1, 0.15) is 5.69 Å². The maximum atomic E-state index is 11.0. The van der Waals surface area contributed by atoms with Crippen molar-refractivity contribution in [2.45, 2.75) is 33.1 Å². The Morgan fingerprint density at radius 1 is 1.27 bits per heavy atom. The van der Waals surface area contributed by atoms with Crippen LogP contribution in [0.3, 0.4) is 0 Å². The van der Waals surface area contributed by atoms with Gasteiger partial charge in [-0.15, -0.1) is 0 Å². The van der Waals surface area contributed by atoms with Crippen molar-refractivity contribution in [2.75, 3.05) is 5.43 Å². The Hall–Kier alpha value is -2.77. The molecule has 0 spiro atoms. The molecule has 0 saturated carbocycles. The standard InChI is InChI=1S/C14H18N4O4/c1-3-5-6-11(4-2)10-15-16-13-8-7-12(17(19)20)9-14(13)18(21)22/h6-10,16H,3-5H2,1-2H3/b11-6+,15-10-. The monoisotopic (exact) mass is 306 g/mol. The fourth-order valence-corrected chi connectivity index (χ4v) is 1.68. The lowest BCUT2D eigenvalue weighted by molar-refractivity contribution is -0.393. The van der Waals surface area contributed by atoms with E-state index in [1.165, 1.54) is 12.1 Å². The number of hydrogen-bond acceptors (Lipinski definition) is 6. The SMILES string of the molecule is CCC/C=C(/C=N\Nc1ccc([N+](=O)[O-])cc1[N+](=O)[O-])CC. The van der Waals surface area contributed by atoms with E-state index in [0.29, 0.717) is 0 Å². The molecule has 0 atom stereocenters. The number of hydrazone groups is 1. The van der Waals surface area contributed by atoms with E-state index in [0.717, 1.165) is 30.9 Å². The first-order chi connectivity index (χ1) is 10.5. The lowest BCUT2D eigenvalue weighted by atomic mass is 10.2. The molecule has 0 aromatic heterocycles. The second-order valence-corrected chi connectivity index (χ2v) is 4.51. The van der Waals surface area contributed by atoms with Crippen LogP contribution in [0.5, 0.6) is 0 Å². The van der Waals surface area contributed by atoms with Gasteiger partial charge in [0.25, 0.3) is 5.69 Å². The molecule has 0 saturated heterocycles. The Kier molecular flexibility index (Phi) is 6.68. The largest absolute Gasteiger partial charge is 0.301 e. The van der Waals surface area contributed by atoms with Gasteiger partial charge in [0.05, 0.1) is 22.1 Å². The Morgan fingerprint density at radius 3 is 2.55 bits per heavy atom. The number of allylic oxidation sites excluding steroid dienone is 2. The van der Waals surface area contributed by atoms with Crippen LogP contribution in [-0.2, 0) is 0 Å². The Bertz CT molecular complexity index is 611. The highest BCUT2D eigenvalue weighted by Crippen LogP contribution is 2.28. The zero-order chi connectivity index (χ0) is 16.5. The third-order valence-electron chi connectivity index (χ3n) is 2.91. The first-order valence-corrected chi connectivity index (χ1v) is 6.90. The number of nitro benzene ring substituents is 2. The van der Waals surface area contributed by atoms with Gasteiger partial charge in [-0.25, -0.2) is 0 Å². The summed E-state index contributed by atoms with van der Waals surface area (Å²) in [7, 11) is 0. The number of hydrogen-bond donors (Lipinski definition) is 1. The van der Waals surface area contributed by atoms with Crippen LogP contribution in [0, 0.1) is 20.2 Å². The van der Waals surface area contributed by atoms with Gasteiger partial charge in [-0.3, -0.25) is 25.7 Å². The Balaban J connectivity index is 2.93. The number of benzene rings is 1. The molecule has 0 aliphatic heterocycles. The van der Waals surface area contributed by atoms with Gasteiger partial charge >= 0.3 is 5.69 Å². The van der Waals surface area contributed by atoms with Crippen molar-refractivity contribution < 1.29 is 9.85 Å². The number of rotatable bonds is 8. The van der Waals surface area contributed by atoms with Crippen molar-refractivity contribution in [1.29, 1.82) is 0 Å². The van der Waals surface area contributed by atoms with Crippen molar-refractivity contribution in [2.24, 2.45) is 5.10 Å². The van der Waals surface area contributed by atoms with Gasteiger partial charge in [-0.05, 0) is 24.5 Å². The molecule has 0 radical (unpaired) electrons. The summed E-state index contributed by atoms with van der Waals surface area (Å²) in [4.78, 5) is 20.3. The number of nitrogens with zero attached hydrogens (tertiary/aromatic N) is 3. The van der Waals surface area contributed by atoms with E-state index in [4.69, 9.17) is 0 Å². The van der Waals surface area contributed by atoms with Crippen LogP contribution in [0.15, 0.2) is 34.9 Å². The van der Waals surface area contributed by atoms with Crippen LogP contribution in [0.25, 0.3) is 0 Å². The molecular formula is C14H18N4O4. The number of nitrogens with one attached hydrogen (secondary N) is 1. The summed E-state index contributed by atoms with van der Waals surface area (Å²) in [5.41, 5.74) is 2.97. The average Bonchev–Trinajstić information content (AvgIpc) is 2.50. The van der Waals surface area contributed by atoms with E-state index < -0.39 is 9.85 Å². The zero-order valence-corrected chi connectivity index (χ0v) is 12.5. The van der Waals surface area contributed by atoms with E-state index >= 15 is 0 Å². The molecule has 0 bridgehead atoms. The Labute approximate surface area is 127 Å². The van der Waals surface area contributed by atoms with Crippen LogP contribution in [0.4, 0.5) is 17.1 Å². The van der Waals surface area contributed by atoms with Gasteiger partial charge < -0.3 is 0 Å². The van der Waals surface area contributed by atoms with Crippen molar-refractivity contribution in [3.05, 3.63) is 50.1 Å². The van der Waals surface area contributed by atoms with E-state index in [9.17, 15) is 20.2 Å². The molecule has 0 heterocycles. The molecule has 1 aromatic carbocycles. The van der Waals surface area contributed by atoms with Crippen molar-refractivity contribution in [3.63, 3.8) is 0 Å². The summed E-state index contributed by atoms with van der Waals surface area (Å²) in [5.74, 6) is 0. The third-order valence-corrected chi connectivity index (χ3v) is 2.91. The molecule has 8 heteroatoms. The zero-order valence-electron chi connectivity index (χ0n) is 12.5. The van der Waals surface area contributed by atoms with Gasteiger partial charge in [-0.1, -0.05) is 26.3 Å². The van der Waals surface area contributed by atoms with Gasteiger partial charge in [0.2, 0.25) is 0 Å². The second-order valence-electron chi connectivity index (χ2n) is 4.51. The third kappa shape index (κ3) is 4.97. The predicted molar refractivity (Wildman–Crippen MR) is 85.1 cm³/mol. The summed E-state index contributed by atoms with van der Waals surface area (Å²) in [6.45, 7) is 4.06. The quantitative estimate of drug-likeness (QED) is 0.442. The Morgan fingerprint density at radius 2 is 2.00 bits per heavy atom. The molecule has 0 unspecified atom stereocenters. The normalized spacial score (nSPS) is 11.6. The highest BCUT2D eigenvalue weighted by Gasteiger charge is 2.18. The fourth-order valence-electron chi connectivity index (χ4n) is 1.68. The minimum atomic E-state index is -0.682. The molecule has 8 nitrogen and oxygen atoms in total. The lowest BCUT2D eigenvalue weighted by Crippen LogP contribution is -1.99. The molecule has 0 aliphatic rings. The van der Waals surface area contributed by atoms with Crippen molar-refractivity contribution in [1.82, 2.24) is 0 Å². The van der Waals surface area contributed by atoms with Crippen LogP contribution >= 0.6 is 0 Å². The summed E-state index contributed by atoms with van der Waals surface area (Å²) in [6, 6.07) is 3.37. The van der Waals surface area contributed by atoms with Crippen LogP contribution in [-0.4, -0.2) is 16.1 Å². The minimum Gasteiger partial charge on any atom is -0.272 e. The van der Waals surface area contributed by atoms with E-state index in [1.807, 2.05) is 6.92 Å². The topological polar surface area (TPSA) is 111 Å². The van der Waals surface area contributed by atoms with Gasteiger partial charge in [0, 0.05) is 6.07 Å². The average molecular weight is 306 g/mol. The number of nitro groups is 2. The molecular weight excluding hydrogens is 288 g/mol. The maximum absolute atomic E-state index is 11.0. The highest BCUT2D eigenvalue weighted by atomic mass is 16.6. The molecule has 0 fully saturated rings. The molecule has 1 N–H and O–H groups in total. The van der Waals surface area contributed by atoms with Crippen molar-refractivity contribution in [3.8, 4) is 0 Å². The smallest absolute Gasteiger partial charge is 0.272 e. The van der Waals surface area contributed by atoms with E-state index in [2.05, 4.69) is 23.5 Å². The number of non-ortho nitro benzene ring substituents is 1. The first kappa shape index (κ1) is 17.3. The summed E-state index contributed by atoms with van der Waals surface area (Å²) >= 11 is 0. The first-order valence-electron chi connectivity index (χ1n) is 6.90. The molecule has 22 heavy (non-hydrogen) atoms. The number of unbranched alkanes of at least 4 members (excludes halogenated alkanes) is 1. The van der Waals surface area contributed by atoms with E-state index in [1.54, 1.807) is 6.21 Å². The molecule has 0 amide bonds. The highest BCUT2D eigenvalue weighted by molar-refractivity contribution is 5.79. The van der Waals surface area contributed by atoms with Gasteiger partial charge in [-0.2, -0.15) is 5.10 Å². The van der Waals surface area contributed by atoms with Crippen LogP contribution in [0.1, 0.15) is 33.1 Å². The molecule has 118 valence electrons. The van der Waals surface area contributed by atoms with Crippen LogP contribution < -0.4 is 5.43 Å². The lowest BCUT2D eigenvalue weighted by Gasteiger charge is -2.02. The number of anilines is 1. The predicted octanol–water partition coefficient (Wildman–Crippen LogP) is 4.04. The molecule has 0 aliphatic carbocycles. The summed E-state index contributed by atoms with van der Waals surface area (Å²) in [6.07, 6.45) is 6.41.